The van der Waals surface area contributed by atoms with E-state index in [1.165, 1.54) is 11.3 Å². The largest absolute Gasteiger partial charge is 0.352 e. The van der Waals surface area contributed by atoms with E-state index >= 15 is 0 Å². The maximum atomic E-state index is 12.5. The van der Waals surface area contributed by atoms with Crippen LogP contribution in [0.4, 0.5) is 5.13 Å². The van der Waals surface area contributed by atoms with Gasteiger partial charge in [-0.25, -0.2) is 4.98 Å². The molecule has 0 saturated heterocycles. The van der Waals surface area contributed by atoms with E-state index in [-0.39, 0.29) is 11.8 Å². The standard InChI is InChI=1S/C20H20N4O2S/c21-10-5-11-22-18(25)15-8-4-9-16(12-15)19(26)24-20-23-17(13-27-20)14-6-2-1-3-7-14/h1-4,6-9,12-13H,5,10-11,21H2,(H,22,25)(H,23,24,26). The second kappa shape index (κ2) is 9.07. The highest BCUT2D eigenvalue weighted by atomic mass is 32.1. The summed E-state index contributed by atoms with van der Waals surface area (Å²) in [6.45, 7) is 1.02. The van der Waals surface area contributed by atoms with Gasteiger partial charge in [0.1, 0.15) is 0 Å². The number of amides is 2. The van der Waals surface area contributed by atoms with Crippen LogP contribution in [0.3, 0.4) is 0 Å². The van der Waals surface area contributed by atoms with Gasteiger partial charge in [0.15, 0.2) is 5.13 Å². The first-order chi connectivity index (χ1) is 13.2. The molecule has 1 heterocycles. The fraction of sp³-hybridized carbons (Fsp3) is 0.150. The highest BCUT2D eigenvalue weighted by Crippen LogP contribution is 2.25. The minimum Gasteiger partial charge on any atom is -0.352 e. The lowest BCUT2D eigenvalue weighted by molar-refractivity contribution is 0.0953. The molecule has 0 fully saturated rings. The number of benzene rings is 2. The van der Waals surface area contributed by atoms with Gasteiger partial charge in [-0.05, 0) is 31.2 Å². The maximum Gasteiger partial charge on any atom is 0.257 e. The number of rotatable bonds is 7. The Hall–Kier alpha value is -3.03. The molecule has 3 aromatic rings. The zero-order valence-corrected chi connectivity index (χ0v) is 15.5. The number of nitrogens with zero attached hydrogens (tertiary/aromatic N) is 1. The van der Waals surface area contributed by atoms with Crippen molar-refractivity contribution in [2.45, 2.75) is 6.42 Å². The summed E-state index contributed by atoms with van der Waals surface area (Å²) in [5, 5.41) is 7.97. The van der Waals surface area contributed by atoms with Gasteiger partial charge in [0.05, 0.1) is 5.69 Å². The van der Waals surface area contributed by atoms with E-state index in [1.807, 2.05) is 35.7 Å². The van der Waals surface area contributed by atoms with Gasteiger partial charge in [0, 0.05) is 28.6 Å². The van der Waals surface area contributed by atoms with Crippen LogP contribution in [0.5, 0.6) is 0 Å². The Morgan fingerprint density at radius 3 is 2.48 bits per heavy atom. The molecular formula is C20H20N4O2S. The first-order valence-corrected chi connectivity index (χ1v) is 9.46. The smallest absolute Gasteiger partial charge is 0.257 e. The summed E-state index contributed by atoms with van der Waals surface area (Å²) in [5.41, 5.74) is 8.06. The summed E-state index contributed by atoms with van der Waals surface area (Å²) in [6.07, 6.45) is 0.708. The third-order valence-corrected chi connectivity index (χ3v) is 4.61. The third-order valence-electron chi connectivity index (χ3n) is 3.85. The number of aromatic nitrogens is 1. The molecule has 3 rings (SSSR count). The van der Waals surface area contributed by atoms with Crippen molar-refractivity contribution in [2.24, 2.45) is 5.73 Å². The van der Waals surface area contributed by atoms with Crippen molar-refractivity contribution in [1.82, 2.24) is 10.3 Å². The summed E-state index contributed by atoms with van der Waals surface area (Å²) in [7, 11) is 0. The summed E-state index contributed by atoms with van der Waals surface area (Å²) < 4.78 is 0. The molecule has 0 aliphatic heterocycles. The van der Waals surface area contributed by atoms with Gasteiger partial charge < -0.3 is 11.1 Å². The van der Waals surface area contributed by atoms with Crippen LogP contribution in [-0.2, 0) is 0 Å². The van der Waals surface area contributed by atoms with E-state index < -0.39 is 0 Å². The van der Waals surface area contributed by atoms with Crippen LogP contribution >= 0.6 is 11.3 Å². The highest BCUT2D eigenvalue weighted by Gasteiger charge is 2.12. The molecule has 1 aromatic heterocycles. The van der Waals surface area contributed by atoms with Crippen LogP contribution in [-0.4, -0.2) is 29.9 Å². The van der Waals surface area contributed by atoms with Crippen molar-refractivity contribution in [3.8, 4) is 11.3 Å². The van der Waals surface area contributed by atoms with Crippen molar-refractivity contribution in [2.75, 3.05) is 18.4 Å². The Morgan fingerprint density at radius 2 is 1.74 bits per heavy atom. The second-order valence-corrected chi connectivity index (χ2v) is 6.70. The molecule has 0 atom stereocenters. The van der Waals surface area contributed by atoms with Crippen molar-refractivity contribution in [3.63, 3.8) is 0 Å². The molecule has 138 valence electrons. The van der Waals surface area contributed by atoms with Crippen molar-refractivity contribution in [3.05, 3.63) is 71.1 Å². The minimum absolute atomic E-state index is 0.223. The van der Waals surface area contributed by atoms with Crippen LogP contribution in [0.25, 0.3) is 11.3 Å². The van der Waals surface area contributed by atoms with Crippen LogP contribution < -0.4 is 16.4 Å². The second-order valence-electron chi connectivity index (χ2n) is 5.84. The topological polar surface area (TPSA) is 97.1 Å². The highest BCUT2D eigenvalue weighted by molar-refractivity contribution is 7.14. The maximum absolute atomic E-state index is 12.5. The molecule has 7 heteroatoms. The zero-order chi connectivity index (χ0) is 19.1. The Kier molecular flexibility index (Phi) is 6.30. The summed E-state index contributed by atoms with van der Waals surface area (Å²) in [4.78, 5) is 29.1. The van der Waals surface area contributed by atoms with E-state index in [9.17, 15) is 9.59 Å². The number of carbonyl (C=O) groups excluding carboxylic acids is 2. The summed E-state index contributed by atoms with van der Waals surface area (Å²) in [6, 6.07) is 16.3. The predicted molar refractivity (Wildman–Crippen MR) is 108 cm³/mol. The minimum atomic E-state index is -0.305. The van der Waals surface area contributed by atoms with Gasteiger partial charge in [-0.1, -0.05) is 36.4 Å². The first kappa shape index (κ1) is 18.8. The number of nitrogens with one attached hydrogen (secondary N) is 2. The number of hydrogen-bond donors (Lipinski definition) is 3. The van der Waals surface area contributed by atoms with Crippen molar-refractivity contribution >= 4 is 28.3 Å². The van der Waals surface area contributed by atoms with Gasteiger partial charge in [-0.2, -0.15) is 0 Å². The SMILES string of the molecule is NCCCNC(=O)c1cccc(C(=O)Nc2nc(-c3ccccc3)cs2)c1. The zero-order valence-electron chi connectivity index (χ0n) is 14.6. The van der Waals surface area contributed by atoms with E-state index in [0.717, 1.165) is 11.3 Å². The fourth-order valence-corrected chi connectivity index (χ4v) is 3.16. The molecule has 0 radical (unpaired) electrons. The van der Waals surface area contributed by atoms with Gasteiger partial charge in [0.25, 0.3) is 11.8 Å². The number of hydrogen-bond acceptors (Lipinski definition) is 5. The van der Waals surface area contributed by atoms with Crippen LogP contribution in [0, 0.1) is 0 Å². The Morgan fingerprint density at radius 1 is 1.00 bits per heavy atom. The average molecular weight is 380 g/mol. The van der Waals surface area contributed by atoms with E-state index in [0.29, 0.717) is 35.8 Å². The molecule has 6 nitrogen and oxygen atoms in total. The van der Waals surface area contributed by atoms with Crippen LogP contribution in [0.2, 0.25) is 0 Å². The molecule has 4 N–H and O–H groups in total. The van der Waals surface area contributed by atoms with Crippen molar-refractivity contribution in [1.29, 1.82) is 0 Å². The molecule has 2 aromatic carbocycles. The number of nitrogens with two attached hydrogens (primary N) is 1. The molecule has 2 amide bonds. The quantitative estimate of drug-likeness (QED) is 0.549. The Bertz CT molecular complexity index is 924. The van der Waals surface area contributed by atoms with Gasteiger partial charge in [-0.15, -0.1) is 11.3 Å². The molecule has 27 heavy (non-hydrogen) atoms. The van der Waals surface area contributed by atoms with Crippen LogP contribution in [0.15, 0.2) is 60.0 Å². The lowest BCUT2D eigenvalue weighted by atomic mass is 10.1. The fourth-order valence-electron chi connectivity index (χ4n) is 2.45. The molecule has 0 aliphatic carbocycles. The normalized spacial score (nSPS) is 10.4. The molecule has 0 aliphatic rings. The van der Waals surface area contributed by atoms with Gasteiger partial charge >= 0.3 is 0 Å². The molecule has 0 bridgehead atoms. The van der Waals surface area contributed by atoms with E-state index in [1.54, 1.807) is 24.3 Å². The monoisotopic (exact) mass is 380 g/mol. The van der Waals surface area contributed by atoms with Gasteiger partial charge in [-0.3, -0.25) is 14.9 Å². The van der Waals surface area contributed by atoms with E-state index in [2.05, 4.69) is 15.6 Å². The van der Waals surface area contributed by atoms with Crippen LogP contribution in [0.1, 0.15) is 27.1 Å². The Labute approximate surface area is 161 Å². The summed E-state index contributed by atoms with van der Waals surface area (Å²) in [5.74, 6) is -0.528. The average Bonchev–Trinajstić information content (AvgIpc) is 3.17. The number of thiazole rings is 1. The molecule has 0 spiro atoms. The molecule has 0 saturated carbocycles. The number of carbonyl (C=O) groups is 2. The van der Waals surface area contributed by atoms with Gasteiger partial charge in [0.2, 0.25) is 0 Å². The van der Waals surface area contributed by atoms with Crippen molar-refractivity contribution < 1.29 is 9.59 Å². The lowest BCUT2D eigenvalue weighted by Crippen LogP contribution is -2.26. The summed E-state index contributed by atoms with van der Waals surface area (Å²) >= 11 is 1.36. The molecular weight excluding hydrogens is 360 g/mol. The third kappa shape index (κ3) is 4.99. The van der Waals surface area contributed by atoms with E-state index in [4.69, 9.17) is 5.73 Å². The Balaban J connectivity index is 1.67. The first-order valence-electron chi connectivity index (χ1n) is 8.58. The lowest BCUT2D eigenvalue weighted by Gasteiger charge is -2.06. The number of anilines is 1. The predicted octanol–water partition coefficient (Wildman–Crippen LogP) is 3.14. The molecule has 0 unspecified atom stereocenters.